The summed E-state index contributed by atoms with van der Waals surface area (Å²) in [6, 6.07) is 12.6. The van der Waals surface area contributed by atoms with Crippen molar-refractivity contribution < 1.29 is 17.9 Å². The summed E-state index contributed by atoms with van der Waals surface area (Å²) in [7, 11) is 0. The maximum Gasteiger partial charge on any atom is 0.416 e. The first-order chi connectivity index (χ1) is 10.7. The van der Waals surface area contributed by atoms with Gasteiger partial charge in [0.1, 0.15) is 11.4 Å². The largest absolute Gasteiger partial charge is 0.483 e. The second kappa shape index (κ2) is 6.62. The molecule has 0 spiro atoms. The molecule has 5 heteroatoms. The van der Waals surface area contributed by atoms with Gasteiger partial charge in [0.25, 0.3) is 0 Å². The van der Waals surface area contributed by atoms with Crippen LogP contribution in [0.5, 0.6) is 5.75 Å². The lowest BCUT2D eigenvalue weighted by Gasteiger charge is -2.31. The zero-order valence-electron chi connectivity index (χ0n) is 13.2. The highest BCUT2D eigenvalue weighted by atomic mass is 19.4. The Morgan fingerprint density at radius 2 is 1.43 bits per heavy atom. The minimum atomic E-state index is -4.35. The fourth-order valence-electron chi connectivity index (χ4n) is 2.41. The first-order valence-electron chi connectivity index (χ1n) is 7.38. The van der Waals surface area contributed by atoms with Crippen LogP contribution < -0.4 is 10.5 Å². The van der Waals surface area contributed by atoms with Gasteiger partial charge in [0, 0.05) is 6.42 Å². The van der Waals surface area contributed by atoms with Crippen molar-refractivity contribution in [3.05, 3.63) is 65.2 Å². The number of ether oxygens (including phenoxy) is 1. The molecule has 2 aromatic rings. The van der Waals surface area contributed by atoms with E-state index in [0.717, 1.165) is 23.3 Å². The summed E-state index contributed by atoms with van der Waals surface area (Å²) in [5.74, 6) is 0.384. The van der Waals surface area contributed by atoms with Gasteiger partial charge in [0.15, 0.2) is 0 Å². The minimum Gasteiger partial charge on any atom is -0.483 e. The average molecular weight is 323 g/mol. The molecule has 0 aliphatic carbocycles. The van der Waals surface area contributed by atoms with Crippen molar-refractivity contribution in [2.24, 2.45) is 5.73 Å². The summed E-state index contributed by atoms with van der Waals surface area (Å²) in [5.41, 5.74) is 6.36. The molecule has 0 aliphatic heterocycles. The molecular formula is C18H20F3NO. The summed E-state index contributed by atoms with van der Waals surface area (Å²) < 4.78 is 43.9. The second-order valence-electron chi connectivity index (χ2n) is 5.76. The van der Waals surface area contributed by atoms with Gasteiger partial charge >= 0.3 is 6.18 Å². The Labute approximate surface area is 134 Å². The molecule has 0 bridgehead atoms. The number of aryl methyl sites for hydroxylation is 1. The van der Waals surface area contributed by atoms with Crippen LogP contribution in [0.4, 0.5) is 13.2 Å². The van der Waals surface area contributed by atoms with Crippen molar-refractivity contribution >= 4 is 0 Å². The highest BCUT2D eigenvalue weighted by Crippen LogP contribution is 2.34. The van der Waals surface area contributed by atoms with Gasteiger partial charge in [-0.05, 0) is 50.2 Å². The molecule has 2 rings (SSSR count). The van der Waals surface area contributed by atoms with Crippen molar-refractivity contribution in [1.82, 2.24) is 0 Å². The molecule has 0 aliphatic rings. The number of hydrogen-bond acceptors (Lipinski definition) is 2. The van der Waals surface area contributed by atoms with Crippen LogP contribution >= 0.6 is 0 Å². The first-order valence-corrected chi connectivity index (χ1v) is 7.38. The number of benzene rings is 2. The summed E-state index contributed by atoms with van der Waals surface area (Å²) in [6.07, 6.45) is -3.80. The van der Waals surface area contributed by atoms with Crippen molar-refractivity contribution in [1.29, 1.82) is 0 Å². The number of rotatable bonds is 5. The van der Waals surface area contributed by atoms with Crippen LogP contribution in [0.25, 0.3) is 0 Å². The number of hydrogen-bond donors (Lipinski definition) is 1. The highest BCUT2D eigenvalue weighted by molar-refractivity contribution is 5.32. The van der Waals surface area contributed by atoms with E-state index in [2.05, 4.69) is 0 Å². The fraction of sp³-hybridized carbons (Fsp3) is 0.333. The van der Waals surface area contributed by atoms with Crippen molar-refractivity contribution in [2.45, 2.75) is 32.0 Å². The van der Waals surface area contributed by atoms with Crippen LogP contribution in [-0.2, 0) is 11.8 Å². The van der Waals surface area contributed by atoms with E-state index in [1.165, 1.54) is 12.1 Å². The standard InChI is InChI=1S/C18H20F3NO/c1-13-3-5-14(6-4-13)17(2,11-12-22)23-16-9-7-15(8-10-16)18(19,20)21/h3-10H,11-12,22H2,1-2H3. The topological polar surface area (TPSA) is 35.2 Å². The van der Waals surface area contributed by atoms with Gasteiger partial charge in [-0.15, -0.1) is 0 Å². The van der Waals surface area contributed by atoms with Crippen molar-refractivity contribution in [3.63, 3.8) is 0 Å². The third kappa shape index (κ3) is 4.26. The van der Waals surface area contributed by atoms with E-state index in [0.29, 0.717) is 18.7 Å². The molecule has 1 unspecified atom stereocenters. The van der Waals surface area contributed by atoms with Crippen LogP contribution in [-0.4, -0.2) is 6.54 Å². The lowest BCUT2D eigenvalue weighted by molar-refractivity contribution is -0.137. The SMILES string of the molecule is Cc1ccc(C(C)(CCN)Oc2ccc(C(F)(F)F)cc2)cc1. The van der Waals surface area contributed by atoms with Crippen LogP contribution in [0.3, 0.4) is 0 Å². The zero-order chi connectivity index (χ0) is 17.1. The lowest BCUT2D eigenvalue weighted by Crippen LogP contribution is -2.32. The van der Waals surface area contributed by atoms with Gasteiger partial charge in [0.2, 0.25) is 0 Å². The third-order valence-corrected chi connectivity index (χ3v) is 3.81. The van der Waals surface area contributed by atoms with E-state index in [4.69, 9.17) is 10.5 Å². The summed E-state index contributed by atoms with van der Waals surface area (Å²) >= 11 is 0. The molecule has 0 aromatic heterocycles. The zero-order valence-corrected chi connectivity index (χ0v) is 13.2. The van der Waals surface area contributed by atoms with E-state index < -0.39 is 17.3 Å². The lowest BCUT2D eigenvalue weighted by atomic mass is 9.91. The first kappa shape index (κ1) is 17.3. The van der Waals surface area contributed by atoms with Gasteiger partial charge in [-0.3, -0.25) is 0 Å². The molecule has 2 N–H and O–H groups in total. The Balaban J connectivity index is 2.27. The minimum absolute atomic E-state index is 0.384. The molecule has 124 valence electrons. The normalized spacial score (nSPS) is 14.3. The molecule has 1 atom stereocenters. The molecule has 2 aromatic carbocycles. The molecule has 2 nitrogen and oxygen atoms in total. The maximum atomic E-state index is 12.6. The molecular weight excluding hydrogens is 303 g/mol. The van der Waals surface area contributed by atoms with Gasteiger partial charge < -0.3 is 10.5 Å². The number of nitrogens with two attached hydrogens (primary N) is 1. The average Bonchev–Trinajstić information content (AvgIpc) is 2.47. The van der Waals surface area contributed by atoms with Crippen molar-refractivity contribution in [3.8, 4) is 5.75 Å². The predicted octanol–water partition coefficient (Wildman–Crippen LogP) is 4.66. The molecule has 0 saturated heterocycles. The van der Waals surface area contributed by atoms with Crippen LogP contribution in [0.1, 0.15) is 30.0 Å². The Morgan fingerprint density at radius 1 is 0.913 bits per heavy atom. The number of alkyl halides is 3. The summed E-state index contributed by atoms with van der Waals surface area (Å²) in [6.45, 7) is 4.29. The molecule has 0 heterocycles. The second-order valence-corrected chi connectivity index (χ2v) is 5.76. The van der Waals surface area contributed by atoms with E-state index in [1.54, 1.807) is 0 Å². The van der Waals surface area contributed by atoms with Gasteiger partial charge in [-0.25, -0.2) is 0 Å². The molecule has 0 saturated carbocycles. The van der Waals surface area contributed by atoms with E-state index in [1.807, 2.05) is 38.1 Å². The third-order valence-electron chi connectivity index (χ3n) is 3.81. The van der Waals surface area contributed by atoms with E-state index >= 15 is 0 Å². The predicted molar refractivity (Wildman–Crippen MR) is 84.3 cm³/mol. The maximum absolute atomic E-state index is 12.6. The van der Waals surface area contributed by atoms with Crippen LogP contribution in [0.2, 0.25) is 0 Å². The number of halogens is 3. The van der Waals surface area contributed by atoms with Crippen molar-refractivity contribution in [2.75, 3.05) is 6.54 Å². The smallest absolute Gasteiger partial charge is 0.416 e. The summed E-state index contributed by atoms with van der Waals surface area (Å²) in [4.78, 5) is 0. The van der Waals surface area contributed by atoms with Gasteiger partial charge in [-0.2, -0.15) is 13.2 Å². The van der Waals surface area contributed by atoms with Gasteiger partial charge in [-0.1, -0.05) is 29.8 Å². The molecule has 0 radical (unpaired) electrons. The van der Waals surface area contributed by atoms with E-state index in [9.17, 15) is 13.2 Å². The fourth-order valence-corrected chi connectivity index (χ4v) is 2.41. The Hall–Kier alpha value is -2.01. The Kier molecular flexibility index (Phi) is 5.00. The molecule has 23 heavy (non-hydrogen) atoms. The van der Waals surface area contributed by atoms with Gasteiger partial charge in [0.05, 0.1) is 5.56 Å². The molecule has 0 fully saturated rings. The van der Waals surface area contributed by atoms with E-state index in [-0.39, 0.29) is 0 Å². The monoisotopic (exact) mass is 323 g/mol. The Bertz CT molecular complexity index is 635. The highest BCUT2D eigenvalue weighted by Gasteiger charge is 2.31. The Morgan fingerprint density at radius 3 is 1.91 bits per heavy atom. The summed E-state index contributed by atoms with van der Waals surface area (Å²) in [5, 5.41) is 0. The molecule has 0 amide bonds. The van der Waals surface area contributed by atoms with Crippen LogP contribution in [0, 0.1) is 6.92 Å². The quantitative estimate of drug-likeness (QED) is 0.869. The van der Waals surface area contributed by atoms with Crippen LogP contribution in [0.15, 0.2) is 48.5 Å².